The van der Waals surface area contributed by atoms with Crippen molar-refractivity contribution in [2.45, 2.75) is 32.9 Å². The number of nitrogens with zero attached hydrogens (tertiary/aromatic N) is 1. The number of hydrogen-bond donors (Lipinski definition) is 0. The van der Waals surface area contributed by atoms with E-state index in [2.05, 4.69) is 0 Å². The van der Waals surface area contributed by atoms with Crippen molar-refractivity contribution in [3.63, 3.8) is 0 Å². The van der Waals surface area contributed by atoms with Crippen LogP contribution in [0.25, 0.3) is 5.57 Å². The minimum Gasteiger partial charge on any atom is -0.497 e. The Hall–Kier alpha value is -2.53. The number of carbonyl (C=O) groups is 2. The van der Waals surface area contributed by atoms with Crippen molar-refractivity contribution in [1.82, 2.24) is 0 Å². The SMILES string of the molecule is COc1ccc(N2C(=O)C(SC(C)C)=C(c3ccc(C)c(C)c3)C2=O)cc1. The fourth-order valence-electron chi connectivity index (χ4n) is 2.97. The third-order valence-electron chi connectivity index (χ3n) is 4.52. The van der Waals surface area contributed by atoms with E-state index in [4.69, 9.17) is 4.74 Å². The van der Waals surface area contributed by atoms with Crippen molar-refractivity contribution in [2.75, 3.05) is 12.0 Å². The number of thioether (sulfide) groups is 1. The highest BCUT2D eigenvalue weighted by Crippen LogP contribution is 2.40. The van der Waals surface area contributed by atoms with Gasteiger partial charge in [0.05, 0.1) is 23.3 Å². The molecule has 1 heterocycles. The molecule has 0 bridgehead atoms. The fourth-order valence-corrected chi connectivity index (χ4v) is 3.96. The van der Waals surface area contributed by atoms with Crippen LogP contribution in [0, 0.1) is 13.8 Å². The second-order valence-corrected chi connectivity index (χ2v) is 8.40. The van der Waals surface area contributed by atoms with Crippen LogP contribution in [0.2, 0.25) is 0 Å². The van der Waals surface area contributed by atoms with Crippen molar-refractivity contribution < 1.29 is 14.3 Å². The first-order valence-corrected chi connectivity index (χ1v) is 9.73. The van der Waals surface area contributed by atoms with Gasteiger partial charge < -0.3 is 4.74 Å². The van der Waals surface area contributed by atoms with Gasteiger partial charge in [0.2, 0.25) is 0 Å². The minimum absolute atomic E-state index is 0.189. The van der Waals surface area contributed by atoms with Crippen LogP contribution < -0.4 is 9.64 Å². The number of amides is 2. The van der Waals surface area contributed by atoms with E-state index >= 15 is 0 Å². The highest BCUT2D eigenvalue weighted by atomic mass is 32.2. The summed E-state index contributed by atoms with van der Waals surface area (Å²) in [6, 6.07) is 12.8. The molecule has 0 unspecified atom stereocenters. The summed E-state index contributed by atoms with van der Waals surface area (Å²) in [4.78, 5) is 28.2. The summed E-state index contributed by atoms with van der Waals surface area (Å²) in [6.07, 6.45) is 0. The Balaban J connectivity index is 2.09. The topological polar surface area (TPSA) is 46.6 Å². The molecule has 0 saturated carbocycles. The molecule has 1 aliphatic rings. The van der Waals surface area contributed by atoms with Crippen LogP contribution in [0.15, 0.2) is 47.4 Å². The molecule has 140 valence electrons. The van der Waals surface area contributed by atoms with Gasteiger partial charge in [-0.2, -0.15) is 0 Å². The van der Waals surface area contributed by atoms with E-state index in [1.807, 2.05) is 45.9 Å². The van der Waals surface area contributed by atoms with Crippen LogP contribution in [0.4, 0.5) is 5.69 Å². The summed E-state index contributed by atoms with van der Waals surface area (Å²) in [6.45, 7) is 8.08. The number of ether oxygens (including phenoxy) is 1. The number of rotatable bonds is 5. The molecule has 0 spiro atoms. The lowest BCUT2D eigenvalue weighted by Gasteiger charge is -2.16. The van der Waals surface area contributed by atoms with Crippen LogP contribution in [0.1, 0.15) is 30.5 Å². The van der Waals surface area contributed by atoms with Crippen LogP contribution >= 0.6 is 11.8 Å². The van der Waals surface area contributed by atoms with Crippen LogP contribution in [0.3, 0.4) is 0 Å². The highest BCUT2D eigenvalue weighted by Gasteiger charge is 2.40. The zero-order valence-corrected chi connectivity index (χ0v) is 17.0. The van der Waals surface area contributed by atoms with Crippen molar-refractivity contribution in [2.24, 2.45) is 0 Å². The van der Waals surface area contributed by atoms with Gasteiger partial charge in [-0.25, -0.2) is 4.90 Å². The van der Waals surface area contributed by atoms with E-state index in [1.54, 1.807) is 31.4 Å². The Labute approximate surface area is 164 Å². The predicted octanol–water partition coefficient (Wildman–Crippen LogP) is 4.74. The number of benzene rings is 2. The Bertz CT molecular complexity index is 929. The standard InChI is InChI=1S/C22H23NO3S/c1-13(2)27-20-19(16-7-6-14(3)15(4)12-16)21(24)23(22(20)25)17-8-10-18(26-5)11-9-17/h6-13H,1-5H3. The smallest absolute Gasteiger partial charge is 0.272 e. The van der Waals surface area contributed by atoms with E-state index in [0.717, 1.165) is 16.7 Å². The lowest BCUT2D eigenvalue weighted by Crippen LogP contribution is -2.31. The number of hydrogen-bond acceptors (Lipinski definition) is 4. The van der Waals surface area contributed by atoms with Gasteiger partial charge in [0, 0.05) is 5.25 Å². The van der Waals surface area contributed by atoms with E-state index < -0.39 is 0 Å². The van der Waals surface area contributed by atoms with Crippen LogP contribution in [-0.4, -0.2) is 24.2 Å². The summed E-state index contributed by atoms with van der Waals surface area (Å²) in [5, 5.41) is 0.189. The molecular formula is C22H23NO3S. The average Bonchev–Trinajstić information content (AvgIpc) is 2.87. The molecule has 0 fully saturated rings. The maximum Gasteiger partial charge on any atom is 0.272 e. The fraction of sp³-hybridized carbons (Fsp3) is 0.273. The van der Waals surface area contributed by atoms with E-state index in [9.17, 15) is 9.59 Å². The number of methoxy groups -OCH3 is 1. The van der Waals surface area contributed by atoms with Crippen molar-refractivity contribution in [1.29, 1.82) is 0 Å². The van der Waals surface area contributed by atoms with Gasteiger partial charge in [-0.1, -0.05) is 32.0 Å². The lowest BCUT2D eigenvalue weighted by atomic mass is 10.0. The minimum atomic E-state index is -0.281. The van der Waals surface area contributed by atoms with Crippen LogP contribution in [-0.2, 0) is 9.59 Å². The number of carbonyl (C=O) groups excluding carboxylic acids is 2. The molecule has 0 aromatic heterocycles. The lowest BCUT2D eigenvalue weighted by molar-refractivity contribution is -0.119. The first kappa shape index (κ1) is 19.2. The molecule has 1 aliphatic heterocycles. The van der Waals surface area contributed by atoms with Crippen LogP contribution in [0.5, 0.6) is 5.75 Å². The molecule has 0 radical (unpaired) electrons. The predicted molar refractivity (Wildman–Crippen MR) is 111 cm³/mol. The van der Waals surface area contributed by atoms with Gasteiger partial charge >= 0.3 is 0 Å². The maximum absolute atomic E-state index is 13.3. The van der Waals surface area contributed by atoms with Crippen molar-refractivity contribution in [3.05, 3.63) is 64.1 Å². The van der Waals surface area contributed by atoms with E-state index in [1.165, 1.54) is 16.7 Å². The Kier molecular flexibility index (Phi) is 5.42. The molecular weight excluding hydrogens is 358 g/mol. The van der Waals surface area contributed by atoms with E-state index in [0.29, 0.717) is 21.9 Å². The monoisotopic (exact) mass is 381 g/mol. The molecule has 0 saturated heterocycles. The molecule has 2 amide bonds. The molecule has 0 aliphatic carbocycles. The third-order valence-corrected chi connectivity index (χ3v) is 5.61. The van der Waals surface area contributed by atoms with Crippen molar-refractivity contribution in [3.8, 4) is 5.75 Å². The second kappa shape index (κ2) is 7.61. The van der Waals surface area contributed by atoms with Gasteiger partial charge in [-0.3, -0.25) is 9.59 Å². The molecule has 0 atom stereocenters. The highest BCUT2D eigenvalue weighted by molar-refractivity contribution is 8.04. The molecule has 0 N–H and O–H groups in total. The molecule has 3 rings (SSSR count). The molecule has 2 aromatic carbocycles. The number of imide groups is 1. The third kappa shape index (κ3) is 3.65. The summed E-state index contributed by atoms with van der Waals surface area (Å²) >= 11 is 1.44. The quantitative estimate of drug-likeness (QED) is 0.702. The maximum atomic E-state index is 13.3. The number of anilines is 1. The summed E-state index contributed by atoms with van der Waals surface area (Å²) in [5.41, 5.74) is 4.07. The number of aryl methyl sites for hydroxylation is 2. The van der Waals surface area contributed by atoms with Gasteiger partial charge in [0.25, 0.3) is 11.8 Å². The first-order valence-electron chi connectivity index (χ1n) is 8.85. The van der Waals surface area contributed by atoms with Gasteiger partial charge in [-0.05, 0) is 54.8 Å². The molecule has 2 aromatic rings. The normalized spacial score (nSPS) is 14.5. The first-order chi connectivity index (χ1) is 12.8. The summed E-state index contributed by atoms with van der Waals surface area (Å²) in [7, 11) is 1.58. The summed E-state index contributed by atoms with van der Waals surface area (Å²) < 4.78 is 5.17. The zero-order chi connectivity index (χ0) is 19.7. The van der Waals surface area contributed by atoms with Gasteiger partial charge in [-0.15, -0.1) is 11.8 Å². The van der Waals surface area contributed by atoms with Crippen molar-refractivity contribution >= 4 is 34.8 Å². The largest absolute Gasteiger partial charge is 0.497 e. The van der Waals surface area contributed by atoms with Gasteiger partial charge in [0.15, 0.2) is 0 Å². The Morgan fingerprint density at radius 3 is 2.15 bits per heavy atom. The zero-order valence-electron chi connectivity index (χ0n) is 16.2. The Morgan fingerprint density at radius 1 is 0.926 bits per heavy atom. The van der Waals surface area contributed by atoms with Gasteiger partial charge in [0.1, 0.15) is 5.75 Å². The molecule has 27 heavy (non-hydrogen) atoms. The molecule has 4 nitrogen and oxygen atoms in total. The molecule has 5 heteroatoms. The Morgan fingerprint density at radius 2 is 1.59 bits per heavy atom. The second-order valence-electron chi connectivity index (χ2n) is 6.81. The summed E-state index contributed by atoms with van der Waals surface area (Å²) in [5.74, 6) is 0.130. The van der Waals surface area contributed by atoms with E-state index in [-0.39, 0.29) is 17.1 Å². The average molecular weight is 381 g/mol.